The molecule has 1 aromatic heterocycles. The molecule has 2 aromatic carbocycles. The fourth-order valence-corrected chi connectivity index (χ4v) is 3.02. The quantitative estimate of drug-likeness (QED) is 0.771. The number of aliphatic hydroxyl groups is 1. The molecule has 0 aliphatic rings. The molecular weight excluding hydrogens is 296 g/mol. The van der Waals surface area contributed by atoms with Gasteiger partial charge in [0.25, 0.3) is 0 Å². The predicted molar refractivity (Wildman–Crippen MR) is 99.4 cm³/mol. The zero-order valence-electron chi connectivity index (χ0n) is 15.2. The van der Waals surface area contributed by atoms with Gasteiger partial charge in [0.05, 0.1) is 11.0 Å². The van der Waals surface area contributed by atoms with Gasteiger partial charge in [-0.05, 0) is 53.6 Å². The zero-order chi connectivity index (χ0) is 17.5. The lowest BCUT2D eigenvalue weighted by atomic mass is 9.87. The summed E-state index contributed by atoms with van der Waals surface area (Å²) in [5.41, 5.74) is 7.22. The van der Waals surface area contributed by atoms with Crippen LogP contribution in [0.4, 0.5) is 0 Å². The van der Waals surface area contributed by atoms with E-state index in [1.54, 1.807) is 0 Å². The SMILES string of the molecule is Cc1cc2nc(CO)n(Cc3ccc(C(C)(C)C)cc3)c2cc1C. The van der Waals surface area contributed by atoms with Crippen LogP contribution >= 0.6 is 0 Å². The second kappa shape index (κ2) is 6.06. The lowest BCUT2D eigenvalue weighted by Crippen LogP contribution is -2.11. The molecule has 0 radical (unpaired) electrons. The third-order valence-electron chi connectivity index (χ3n) is 4.74. The summed E-state index contributed by atoms with van der Waals surface area (Å²) < 4.78 is 2.12. The van der Waals surface area contributed by atoms with Crippen molar-refractivity contribution in [2.75, 3.05) is 0 Å². The van der Waals surface area contributed by atoms with Crippen molar-refractivity contribution in [2.45, 2.75) is 53.2 Å². The number of aliphatic hydroxyl groups excluding tert-OH is 1. The number of nitrogens with zero attached hydrogens (tertiary/aromatic N) is 2. The molecule has 24 heavy (non-hydrogen) atoms. The molecule has 0 aliphatic heterocycles. The molecule has 1 N–H and O–H groups in total. The van der Waals surface area contributed by atoms with Crippen LogP contribution in [0.3, 0.4) is 0 Å². The monoisotopic (exact) mass is 322 g/mol. The maximum Gasteiger partial charge on any atom is 0.136 e. The van der Waals surface area contributed by atoms with Crippen molar-refractivity contribution >= 4 is 11.0 Å². The van der Waals surface area contributed by atoms with Gasteiger partial charge < -0.3 is 9.67 Å². The van der Waals surface area contributed by atoms with E-state index >= 15 is 0 Å². The van der Waals surface area contributed by atoms with E-state index in [-0.39, 0.29) is 12.0 Å². The highest BCUT2D eigenvalue weighted by Gasteiger charge is 2.14. The second-order valence-corrected chi connectivity index (χ2v) is 7.64. The number of aromatic nitrogens is 2. The molecule has 126 valence electrons. The van der Waals surface area contributed by atoms with E-state index in [2.05, 4.69) is 80.6 Å². The molecule has 0 amide bonds. The summed E-state index contributed by atoms with van der Waals surface area (Å²) in [4.78, 5) is 4.60. The Bertz CT molecular complexity index is 867. The maximum absolute atomic E-state index is 9.70. The molecule has 0 atom stereocenters. The van der Waals surface area contributed by atoms with Crippen LogP contribution < -0.4 is 0 Å². The van der Waals surface area contributed by atoms with Crippen LogP contribution in [0.25, 0.3) is 11.0 Å². The first-order valence-corrected chi connectivity index (χ1v) is 8.46. The second-order valence-electron chi connectivity index (χ2n) is 7.64. The number of imidazole rings is 1. The van der Waals surface area contributed by atoms with Gasteiger partial charge in [-0.15, -0.1) is 0 Å². The Labute approximate surface area is 144 Å². The summed E-state index contributed by atoms with van der Waals surface area (Å²) in [6.45, 7) is 11.5. The zero-order valence-corrected chi connectivity index (χ0v) is 15.2. The molecule has 0 unspecified atom stereocenters. The van der Waals surface area contributed by atoms with Gasteiger partial charge in [-0.25, -0.2) is 4.98 Å². The Hall–Kier alpha value is -2.13. The lowest BCUT2D eigenvalue weighted by molar-refractivity contribution is 0.267. The molecule has 3 heteroatoms. The standard InChI is InChI=1S/C21H26N2O/c1-14-10-18-19(11-15(14)2)23(20(13-24)22-18)12-16-6-8-17(9-7-16)21(3,4)5/h6-11,24H,12-13H2,1-5H3. The molecule has 0 saturated heterocycles. The number of aryl methyl sites for hydroxylation is 2. The number of hydrogen-bond donors (Lipinski definition) is 1. The van der Waals surface area contributed by atoms with E-state index in [9.17, 15) is 5.11 Å². The lowest BCUT2D eigenvalue weighted by Gasteiger charge is -2.19. The van der Waals surface area contributed by atoms with E-state index < -0.39 is 0 Å². The molecule has 0 aliphatic carbocycles. The first-order valence-electron chi connectivity index (χ1n) is 8.46. The number of hydrogen-bond acceptors (Lipinski definition) is 2. The van der Waals surface area contributed by atoms with Crippen molar-refractivity contribution in [3.8, 4) is 0 Å². The van der Waals surface area contributed by atoms with Crippen molar-refractivity contribution in [3.05, 3.63) is 64.5 Å². The molecule has 0 saturated carbocycles. The predicted octanol–water partition coefficient (Wildman–Crippen LogP) is 4.49. The van der Waals surface area contributed by atoms with Crippen molar-refractivity contribution in [1.82, 2.24) is 9.55 Å². The fourth-order valence-electron chi connectivity index (χ4n) is 3.02. The van der Waals surface area contributed by atoms with Crippen LogP contribution in [0.2, 0.25) is 0 Å². The van der Waals surface area contributed by atoms with Gasteiger partial charge in [-0.2, -0.15) is 0 Å². The summed E-state index contributed by atoms with van der Waals surface area (Å²) in [6, 6.07) is 13.0. The molecule has 0 bridgehead atoms. The van der Waals surface area contributed by atoms with Gasteiger partial charge in [0.15, 0.2) is 0 Å². The normalized spacial score (nSPS) is 12.1. The van der Waals surface area contributed by atoms with Crippen LogP contribution in [-0.4, -0.2) is 14.7 Å². The van der Waals surface area contributed by atoms with Gasteiger partial charge in [0, 0.05) is 6.54 Å². The van der Waals surface area contributed by atoms with E-state index in [1.807, 2.05) is 0 Å². The highest BCUT2D eigenvalue weighted by Crippen LogP contribution is 2.25. The number of rotatable bonds is 3. The minimum Gasteiger partial charge on any atom is -0.388 e. The summed E-state index contributed by atoms with van der Waals surface area (Å²) in [5, 5.41) is 9.70. The van der Waals surface area contributed by atoms with E-state index in [0.717, 1.165) is 23.4 Å². The van der Waals surface area contributed by atoms with Gasteiger partial charge in [0.1, 0.15) is 12.4 Å². The third-order valence-corrected chi connectivity index (χ3v) is 4.74. The Morgan fingerprint density at radius 2 is 1.62 bits per heavy atom. The molecule has 3 nitrogen and oxygen atoms in total. The Kier molecular flexibility index (Phi) is 4.22. The maximum atomic E-state index is 9.70. The van der Waals surface area contributed by atoms with Crippen LogP contribution in [0.1, 0.15) is 48.8 Å². The first kappa shape index (κ1) is 16.7. The van der Waals surface area contributed by atoms with Crippen LogP contribution in [0, 0.1) is 13.8 Å². The summed E-state index contributed by atoms with van der Waals surface area (Å²) in [5.74, 6) is 0.717. The van der Waals surface area contributed by atoms with E-state index in [1.165, 1.54) is 22.3 Å². The van der Waals surface area contributed by atoms with Gasteiger partial charge >= 0.3 is 0 Å². The molecule has 3 rings (SSSR count). The number of benzene rings is 2. The molecule has 1 heterocycles. The van der Waals surface area contributed by atoms with Crippen LogP contribution in [0.15, 0.2) is 36.4 Å². The van der Waals surface area contributed by atoms with E-state index in [0.29, 0.717) is 0 Å². The van der Waals surface area contributed by atoms with Gasteiger partial charge in [-0.1, -0.05) is 45.0 Å². The Morgan fingerprint density at radius 1 is 1.00 bits per heavy atom. The van der Waals surface area contributed by atoms with Gasteiger partial charge in [0.2, 0.25) is 0 Å². The molecule has 3 aromatic rings. The highest BCUT2D eigenvalue weighted by molar-refractivity contribution is 5.78. The van der Waals surface area contributed by atoms with Gasteiger partial charge in [-0.3, -0.25) is 0 Å². The van der Waals surface area contributed by atoms with Crippen molar-refractivity contribution in [3.63, 3.8) is 0 Å². The van der Waals surface area contributed by atoms with E-state index in [4.69, 9.17) is 0 Å². The average Bonchev–Trinajstić information content (AvgIpc) is 2.85. The molecule has 0 spiro atoms. The largest absolute Gasteiger partial charge is 0.388 e. The molecular formula is C21H26N2O. The summed E-state index contributed by atoms with van der Waals surface area (Å²) in [6.07, 6.45) is 0. The van der Waals surface area contributed by atoms with Crippen molar-refractivity contribution in [2.24, 2.45) is 0 Å². The smallest absolute Gasteiger partial charge is 0.136 e. The minimum absolute atomic E-state index is 0.0488. The Morgan fingerprint density at radius 3 is 2.21 bits per heavy atom. The highest BCUT2D eigenvalue weighted by atomic mass is 16.3. The van der Waals surface area contributed by atoms with Crippen LogP contribution in [-0.2, 0) is 18.6 Å². The summed E-state index contributed by atoms with van der Waals surface area (Å²) >= 11 is 0. The van der Waals surface area contributed by atoms with Crippen LogP contribution in [0.5, 0.6) is 0 Å². The topological polar surface area (TPSA) is 38.1 Å². The molecule has 0 fully saturated rings. The number of fused-ring (bicyclic) bond motifs is 1. The average molecular weight is 322 g/mol. The minimum atomic E-state index is -0.0488. The van der Waals surface area contributed by atoms with Crippen molar-refractivity contribution in [1.29, 1.82) is 0 Å². The Balaban J connectivity index is 2.01. The fraction of sp³-hybridized carbons (Fsp3) is 0.381. The third kappa shape index (κ3) is 3.09. The first-order chi connectivity index (χ1) is 11.3. The summed E-state index contributed by atoms with van der Waals surface area (Å²) in [7, 11) is 0. The van der Waals surface area contributed by atoms with Crippen molar-refractivity contribution < 1.29 is 5.11 Å².